The predicted molar refractivity (Wildman–Crippen MR) is 106 cm³/mol. The van der Waals surface area contributed by atoms with Crippen LogP contribution in [-0.2, 0) is 16.4 Å². The Kier molecular flexibility index (Phi) is 5.61. The molecule has 2 aromatic heterocycles. The van der Waals surface area contributed by atoms with Crippen molar-refractivity contribution in [3.63, 3.8) is 0 Å². The second kappa shape index (κ2) is 7.75. The summed E-state index contributed by atoms with van der Waals surface area (Å²) >= 11 is 8.55. The fourth-order valence-electron chi connectivity index (χ4n) is 2.19. The number of aromatic nitrogens is 1. The summed E-state index contributed by atoms with van der Waals surface area (Å²) in [7, 11) is -3.30. The van der Waals surface area contributed by atoms with Gasteiger partial charge >= 0.3 is 6.03 Å². The number of nitrogens with one attached hydrogen (secondary N) is 1. The number of hydrogen-bond donors (Lipinski definition) is 1. The highest BCUT2D eigenvalue weighted by molar-refractivity contribution is 7.90. The summed E-state index contributed by atoms with van der Waals surface area (Å²) in [5.74, 6) is 0. The van der Waals surface area contributed by atoms with E-state index in [1.807, 2.05) is 16.8 Å². The minimum atomic E-state index is -3.30. The van der Waals surface area contributed by atoms with Gasteiger partial charge in [-0.05, 0) is 46.7 Å². The number of carbonyl (C=O) groups is 1. The monoisotopic (exact) mass is 427 g/mol. The Morgan fingerprint density at radius 2 is 2.00 bits per heavy atom. The molecule has 26 heavy (non-hydrogen) atoms. The molecule has 3 rings (SSSR count). The lowest BCUT2D eigenvalue weighted by Gasteiger charge is -2.22. The van der Waals surface area contributed by atoms with Crippen LogP contribution in [0.2, 0.25) is 4.34 Å². The molecule has 0 bridgehead atoms. The van der Waals surface area contributed by atoms with Crippen LogP contribution in [0.3, 0.4) is 0 Å². The van der Waals surface area contributed by atoms with Crippen molar-refractivity contribution >= 4 is 61.0 Å². The molecule has 0 aliphatic carbocycles. The Morgan fingerprint density at radius 1 is 1.27 bits per heavy atom. The first-order valence-corrected chi connectivity index (χ1v) is 11.4. The van der Waals surface area contributed by atoms with Crippen molar-refractivity contribution in [2.45, 2.75) is 11.4 Å². The van der Waals surface area contributed by atoms with Crippen molar-refractivity contribution in [2.24, 2.45) is 0 Å². The van der Waals surface area contributed by atoms with Crippen LogP contribution in [0.25, 0.3) is 0 Å². The minimum absolute atomic E-state index is 0.198. The summed E-state index contributed by atoms with van der Waals surface area (Å²) in [4.78, 5) is 18.5. The van der Waals surface area contributed by atoms with Crippen LogP contribution < -0.4 is 10.2 Å². The first-order valence-electron chi connectivity index (χ1n) is 7.34. The number of nitrogens with zero attached hydrogens (tertiary/aromatic N) is 2. The van der Waals surface area contributed by atoms with Crippen LogP contribution in [0.15, 0.2) is 52.2 Å². The topological polar surface area (TPSA) is 79.4 Å². The van der Waals surface area contributed by atoms with Crippen molar-refractivity contribution < 1.29 is 13.2 Å². The fourth-order valence-corrected chi connectivity index (χ4v) is 4.28. The van der Waals surface area contributed by atoms with E-state index in [-0.39, 0.29) is 10.9 Å². The number of sulfone groups is 1. The normalized spacial score (nSPS) is 11.3. The Morgan fingerprint density at radius 3 is 2.54 bits per heavy atom. The Bertz CT molecular complexity index is 999. The van der Waals surface area contributed by atoms with E-state index in [0.717, 1.165) is 23.2 Å². The molecular weight excluding hydrogens is 414 g/mol. The molecule has 0 aliphatic heterocycles. The molecule has 0 saturated heterocycles. The van der Waals surface area contributed by atoms with Gasteiger partial charge in [0.1, 0.15) is 4.34 Å². The van der Waals surface area contributed by atoms with E-state index in [0.29, 0.717) is 21.7 Å². The third kappa shape index (κ3) is 4.61. The number of thiazole rings is 1. The summed E-state index contributed by atoms with van der Waals surface area (Å²) < 4.78 is 23.7. The standard InChI is InChI=1S/C16H14ClN3O3S3/c1-26(22,23)13-4-2-12(3-5-13)20(9-11-6-7-24-10-11)16(21)19-15-18-8-14(17)25-15/h2-8,10H,9H2,1H3,(H,18,19,21). The van der Waals surface area contributed by atoms with E-state index >= 15 is 0 Å². The van der Waals surface area contributed by atoms with Crippen LogP contribution in [-0.4, -0.2) is 25.7 Å². The SMILES string of the molecule is CS(=O)(=O)c1ccc(N(Cc2ccsc2)C(=O)Nc2ncc(Cl)s2)cc1. The maximum atomic E-state index is 12.8. The third-order valence-corrected chi connectivity index (χ3v) is 6.32. The first kappa shape index (κ1) is 18.8. The van der Waals surface area contributed by atoms with Gasteiger partial charge in [-0.15, -0.1) is 0 Å². The lowest BCUT2D eigenvalue weighted by Crippen LogP contribution is -2.34. The smallest absolute Gasteiger partial charge is 0.290 e. The van der Waals surface area contributed by atoms with Crippen molar-refractivity contribution in [2.75, 3.05) is 16.5 Å². The quantitative estimate of drug-likeness (QED) is 0.650. The molecule has 0 unspecified atom stereocenters. The Hall–Kier alpha value is -1.94. The highest BCUT2D eigenvalue weighted by Crippen LogP contribution is 2.25. The lowest BCUT2D eigenvalue weighted by molar-refractivity contribution is 0.256. The molecule has 3 aromatic rings. The molecule has 0 aliphatic rings. The molecule has 2 heterocycles. The number of amides is 2. The van der Waals surface area contributed by atoms with Gasteiger partial charge in [-0.3, -0.25) is 10.2 Å². The summed E-state index contributed by atoms with van der Waals surface area (Å²) in [6, 6.07) is 7.73. The molecule has 0 spiro atoms. The van der Waals surface area contributed by atoms with Gasteiger partial charge in [-0.25, -0.2) is 18.2 Å². The van der Waals surface area contributed by atoms with E-state index in [9.17, 15) is 13.2 Å². The van der Waals surface area contributed by atoms with Gasteiger partial charge in [0.2, 0.25) is 0 Å². The summed E-state index contributed by atoms with van der Waals surface area (Å²) in [6.07, 6.45) is 2.61. The number of anilines is 2. The van der Waals surface area contributed by atoms with Gasteiger partial charge in [0.25, 0.3) is 0 Å². The van der Waals surface area contributed by atoms with Crippen LogP contribution in [0.5, 0.6) is 0 Å². The van der Waals surface area contributed by atoms with Gasteiger partial charge in [0.15, 0.2) is 15.0 Å². The zero-order valence-corrected chi connectivity index (χ0v) is 16.8. The number of benzene rings is 1. The molecule has 10 heteroatoms. The Balaban J connectivity index is 1.88. The van der Waals surface area contributed by atoms with Crippen LogP contribution >= 0.6 is 34.3 Å². The van der Waals surface area contributed by atoms with Crippen LogP contribution in [0, 0.1) is 0 Å². The first-order chi connectivity index (χ1) is 12.3. The van der Waals surface area contributed by atoms with Crippen molar-refractivity contribution in [1.82, 2.24) is 4.98 Å². The van der Waals surface area contributed by atoms with E-state index in [1.165, 1.54) is 34.6 Å². The second-order valence-corrected chi connectivity index (χ2v) is 9.84. The van der Waals surface area contributed by atoms with Crippen LogP contribution in [0.4, 0.5) is 15.6 Å². The summed E-state index contributed by atoms with van der Waals surface area (Å²) in [5, 5.41) is 6.98. The van der Waals surface area contributed by atoms with E-state index in [2.05, 4.69) is 10.3 Å². The van der Waals surface area contributed by atoms with E-state index in [1.54, 1.807) is 12.1 Å². The summed E-state index contributed by atoms with van der Waals surface area (Å²) in [6.45, 7) is 0.340. The molecule has 1 aromatic carbocycles. The average Bonchev–Trinajstić information content (AvgIpc) is 3.23. The molecule has 0 atom stereocenters. The molecule has 6 nitrogen and oxygen atoms in total. The second-order valence-electron chi connectivity index (χ2n) is 5.38. The zero-order valence-electron chi connectivity index (χ0n) is 13.5. The Labute approximate surface area is 164 Å². The fraction of sp³-hybridized carbons (Fsp3) is 0.125. The van der Waals surface area contributed by atoms with Gasteiger partial charge in [-0.2, -0.15) is 11.3 Å². The van der Waals surface area contributed by atoms with Crippen molar-refractivity contribution in [3.8, 4) is 0 Å². The molecule has 2 amide bonds. The summed E-state index contributed by atoms with van der Waals surface area (Å²) in [5.41, 5.74) is 1.54. The van der Waals surface area contributed by atoms with E-state index in [4.69, 9.17) is 11.6 Å². The van der Waals surface area contributed by atoms with Gasteiger partial charge < -0.3 is 0 Å². The van der Waals surface area contributed by atoms with Crippen molar-refractivity contribution in [3.05, 3.63) is 57.2 Å². The van der Waals surface area contributed by atoms with Gasteiger partial charge in [0, 0.05) is 11.9 Å². The third-order valence-electron chi connectivity index (χ3n) is 3.43. The number of rotatable bonds is 5. The molecular formula is C16H14ClN3O3S3. The van der Waals surface area contributed by atoms with Crippen molar-refractivity contribution in [1.29, 1.82) is 0 Å². The van der Waals surface area contributed by atoms with Gasteiger partial charge in [-0.1, -0.05) is 22.9 Å². The molecule has 0 saturated carbocycles. The molecule has 0 radical (unpaired) electrons. The zero-order chi connectivity index (χ0) is 18.7. The largest absolute Gasteiger partial charge is 0.328 e. The maximum Gasteiger partial charge on any atom is 0.328 e. The number of urea groups is 1. The average molecular weight is 428 g/mol. The number of thiophene rings is 1. The van der Waals surface area contributed by atoms with Crippen LogP contribution in [0.1, 0.15) is 5.56 Å². The number of hydrogen-bond acceptors (Lipinski definition) is 6. The molecule has 1 N–H and O–H groups in total. The molecule has 0 fully saturated rings. The highest BCUT2D eigenvalue weighted by Gasteiger charge is 2.19. The maximum absolute atomic E-state index is 12.8. The predicted octanol–water partition coefficient (Wildman–Crippen LogP) is 4.50. The van der Waals surface area contributed by atoms with Gasteiger partial charge in [0.05, 0.1) is 17.6 Å². The van der Waals surface area contributed by atoms with E-state index < -0.39 is 9.84 Å². The minimum Gasteiger partial charge on any atom is -0.290 e. The molecule has 136 valence electrons. The highest BCUT2D eigenvalue weighted by atomic mass is 35.5. The lowest BCUT2D eigenvalue weighted by atomic mass is 10.2. The number of halogens is 1. The number of carbonyl (C=O) groups excluding carboxylic acids is 1.